The van der Waals surface area contributed by atoms with E-state index in [0.29, 0.717) is 6.42 Å². The maximum absolute atomic E-state index is 13.7. The van der Waals surface area contributed by atoms with E-state index in [2.05, 4.69) is 20.4 Å². The van der Waals surface area contributed by atoms with Gasteiger partial charge < -0.3 is 19.7 Å². The highest BCUT2D eigenvalue weighted by molar-refractivity contribution is 5.99. The minimum atomic E-state index is -1.11. The second kappa shape index (κ2) is 10.3. The summed E-state index contributed by atoms with van der Waals surface area (Å²) in [6.07, 6.45) is 3.18. The summed E-state index contributed by atoms with van der Waals surface area (Å²) in [5.74, 6) is -1.97. The van der Waals surface area contributed by atoms with Crippen LogP contribution in [-0.2, 0) is 28.7 Å². The third-order valence-corrected chi connectivity index (χ3v) is 13.6. The zero-order valence-electron chi connectivity index (χ0n) is 26.4. The lowest BCUT2D eigenvalue weighted by atomic mass is 9.42. The lowest BCUT2D eigenvalue weighted by Crippen LogP contribution is -2.58. The number of ketones is 2. The molecule has 0 bridgehead atoms. The van der Waals surface area contributed by atoms with Crippen LogP contribution in [0.3, 0.4) is 0 Å². The average Bonchev–Trinajstić information content (AvgIpc) is 3.55. The summed E-state index contributed by atoms with van der Waals surface area (Å²) in [6.45, 7) is 16.6. The second-order valence-electron chi connectivity index (χ2n) is 15.2. The van der Waals surface area contributed by atoms with Crippen LogP contribution < -0.4 is 0 Å². The van der Waals surface area contributed by atoms with E-state index in [9.17, 15) is 29.4 Å². The Morgan fingerprint density at radius 3 is 2.33 bits per heavy atom. The summed E-state index contributed by atoms with van der Waals surface area (Å²) < 4.78 is 11.8. The molecule has 2 N–H and O–H groups in total. The van der Waals surface area contributed by atoms with Gasteiger partial charge in [-0.15, -0.1) is 0 Å². The number of aliphatic hydroxyl groups excluding tert-OH is 2. The van der Waals surface area contributed by atoms with Crippen LogP contribution in [0.1, 0.15) is 93.4 Å². The standard InChI is InChI=1S/C34H50O8/c1-17(15-35)18(2)29(40)30(42-22(6)37)20(4)28-25(41-21(5)36)14-32(8)26-10-9-23-19(3)24(38)13-27(39)34(23)16-33(26,34)12-11-31(28,32)7/h17,19-20,23,25-28,30,35,39H,2,9-16H2,1,3-8H3/t17-,19-,20-,23-,25-,26-,27-,28-,30+,31+,32-,33-,34+/m0/s1. The van der Waals surface area contributed by atoms with E-state index in [4.69, 9.17) is 9.47 Å². The van der Waals surface area contributed by atoms with Crippen LogP contribution in [-0.4, -0.2) is 58.6 Å². The van der Waals surface area contributed by atoms with Crippen molar-refractivity contribution in [1.82, 2.24) is 0 Å². The molecule has 5 saturated carbocycles. The number of hydrogen-bond acceptors (Lipinski definition) is 8. The molecule has 13 atom stereocenters. The molecule has 234 valence electrons. The van der Waals surface area contributed by atoms with Crippen LogP contribution in [0.5, 0.6) is 0 Å². The number of fused-ring (bicyclic) bond motifs is 2. The molecule has 0 radical (unpaired) electrons. The number of esters is 2. The molecule has 8 nitrogen and oxygen atoms in total. The van der Waals surface area contributed by atoms with Gasteiger partial charge in [-0.1, -0.05) is 41.2 Å². The molecule has 5 fully saturated rings. The third-order valence-electron chi connectivity index (χ3n) is 13.6. The Bertz CT molecular complexity index is 1190. The Hall–Kier alpha value is -2.06. The fourth-order valence-corrected chi connectivity index (χ4v) is 11.5. The van der Waals surface area contributed by atoms with Gasteiger partial charge >= 0.3 is 11.9 Å². The molecule has 0 aromatic rings. The zero-order valence-corrected chi connectivity index (χ0v) is 26.4. The summed E-state index contributed by atoms with van der Waals surface area (Å²) in [5, 5.41) is 21.2. The first-order chi connectivity index (χ1) is 19.5. The van der Waals surface area contributed by atoms with Crippen molar-refractivity contribution in [2.24, 2.45) is 57.2 Å². The molecule has 2 spiro atoms. The summed E-state index contributed by atoms with van der Waals surface area (Å²) in [7, 11) is 0. The Morgan fingerprint density at radius 1 is 1.07 bits per heavy atom. The minimum absolute atomic E-state index is 0.0371. The Morgan fingerprint density at radius 2 is 1.74 bits per heavy atom. The van der Waals surface area contributed by atoms with Crippen LogP contribution in [0.4, 0.5) is 0 Å². The van der Waals surface area contributed by atoms with Crippen molar-refractivity contribution in [1.29, 1.82) is 0 Å². The monoisotopic (exact) mass is 586 g/mol. The van der Waals surface area contributed by atoms with Gasteiger partial charge in [0.1, 0.15) is 11.9 Å². The molecule has 0 heterocycles. The fourth-order valence-electron chi connectivity index (χ4n) is 11.5. The molecule has 0 aliphatic heterocycles. The number of aliphatic hydroxyl groups is 2. The first kappa shape index (κ1) is 31.4. The molecular formula is C34H50O8. The van der Waals surface area contributed by atoms with Crippen molar-refractivity contribution in [2.75, 3.05) is 6.61 Å². The normalized spacial score (nSPS) is 45.7. The van der Waals surface area contributed by atoms with Crippen LogP contribution >= 0.6 is 0 Å². The molecule has 0 saturated heterocycles. The second-order valence-corrected chi connectivity index (χ2v) is 15.2. The number of carbonyl (C=O) groups is 4. The van der Waals surface area contributed by atoms with Gasteiger partial charge in [0, 0.05) is 56.0 Å². The van der Waals surface area contributed by atoms with Gasteiger partial charge in [-0.3, -0.25) is 19.2 Å². The predicted molar refractivity (Wildman–Crippen MR) is 155 cm³/mol. The van der Waals surface area contributed by atoms with Gasteiger partial charge in [0.25, 0.3) is 0 Å². The van der Waals surface area contributed by atoms with Gasteiger partial charge in [-0.2, -0.15) is 0 Å². The highest BCUT2D eigenvalue weighted by Gasteiger charge is 2.84. The highest BCUT2D eigenvalue weighted by Crippen LogP contribution is 2.88. The van der Waals surface area contributed by atoms with E-state index in [1.165, 1.54) is 13.8 Å². The van der Waals surface area contributed by atoms with Crippen LogP contribution in [0, 0.1) is 57.2 Å². The van der Waals surface area contributed by atoms with Gasteiger partial charge in [0.05, 0.1) is 6.10 Å². The van der Waals surface area contributed by atoms with Crippen molar-refractivity contribution < 1.29 is 38.9 Å². The third kappa shape index (κ3) is 4.06. The van der Waals surface area contributed by atoms with Gasteiger partial charge in [-0.05, 0) is 72.2 Å². The fraction of sp³-hybridized carbons (Fsp3) is 0.824. The molecule has 8 heteroatoms. The number of rotatable bonds is 8. The summed E-state index contributed by atoms with van der Waals surface area (Å²) in [5.41, 5.74) is -0.678. The highest BCUT2D eigenvalue weighted by atomic mass is 16.6. The molecule has 0 amide bonds. The van der Waals surface area contributed by atoms with E-state index in [-0.39, 0.29) is 75.7 Å². The van der Waals surface area contributed by atoms with Crippen LogP contribution in [0.25, 0.3) is 0 Å². The quantitative estimate of drug-likeness (QED) is 0.316. The number of ether oxygens (including phenoxy) is 2. The summed E-state index contributed by atoms with van der Waals surface area (Å²) in [6, 6.07) is 0. The van der Waals surface area contributed by atoms with E-state index >= 15 is 0 Å². The first-order valence-electron chi connectivity index (χ1n) is 15.9. The van der Waals surface area contributed by atoms with Crippen molar-refractivity contribution in [3.63, 3.8) is 0 Å². The molecule has 5 aliphatic rings. The Balaban J connectivity index is 1.54. The zero-order chi connectivity index (χ0) is 31.2. The maximum atomic E-state index is 13.7. The molecule has 0 unspecified atom stereocenters. The van der Waals surface area contributed by atoms with E-state index in [0.717, 1.165) is 32.1 Å². The number of hydrogen-bond donors (Lipinski definition) is 2. The minimum Gasteiger partial charge on any atom is -0.462 e. The Labute approximate surface area is 250 Å². The molecule has 0 aromatic heterocycles. The van der Waals surface area contributed by atoms with E-state index < -0.39 is 41.9 Å². The summed E-state index contributed by atoms with van der Waals surface area (Å²) >= 11 is 0. The van der Waals surface area contributed by atoms with Gasteiger partial charge in [0.15, 0.2) is 11.9 Å². The maximum Gasteiger partial charge on any atom is 0.303 e. The topological polar surface area (TPSA) is 127 Å². The van der Waals surface area contributed by atoms with Crippen molar-refractivity contribution in [2.45, 2.75) is 112 Å². The predicted octanol–water partition coefficient (Wildman–Crippen LogP) is 4.44. The van der Waals surface area contributed by atoms with E-state index in [1.807, 2.05) is 13.8 Å². The van der Waals surface area contributed by atoms with E-state index in [1.54, 1.807) is 6.92 Å². The van der Waals surface area contributed by atoms with Crippen molar-refractivity contribution >= 4 is 23.5 Å². The lowest BCUT2D eigenvalue weighted by Gasteiger charge is -2.62. The molecule has 42 heavy (non-hydrogen) atoms. The van der Waals surface area contributed by atoms with Crippen LogP contribution in [0.15, 0.2) is 12.2 Å². The number of Topliss-reactive ketones (excluding diaryl/α,β-unsaturated/α-hetero) is 2. The molecule has 5 rings (SSSR count). The largest absolute Gasteiger partial charge is 0.462 e. The molecule has 0 aromatic carbocycles. The van der Waals surface area contributed by atoms with Crippen molar-refractivity contribution in [3.05, 3.63) is 12.2 Å². The average molecular weight is 587 g/mol. The number of carbonyl (C=O) groups excluding carboxylic acids is 4. The Kier molecular flexibility index (Phi) is 7.66. The lowest BCUT2D eigenvalue weighted by molar-refractivity contribution is -0.173. The molecular weight excluding hydrogens is 536 g/mol. The smallest absolute Gasteiger partial charge is 0.303 e. The van der Waals surface area contributed by atoms with Gasteiger partial charge in [-0.25, -0.2) is 0 Å². The van der Waals surface area contributed by atoms with Crippen molar-refractivity contribution in [3.8, 4) is 0 Å². The summed E-state index contributed by atoms with van der Waals surface area (Å²) in [4.78, 5) is 51.2. The SMILES string of the molecule is C=C(C(=O)[C@H](OC(C)=O)[C@@H](C)[C@H]1[C@@H](OC(C)=O)C[C@@]2(C)[C@@H]3CC[C@H]4[C@H](C)C(=O)C[C@H](O)[C@@]45C[C@@]35CC[C@]12C)[C@@H](C)CO. The van der Waals surface area contributed by atoms with Gasteiger partial charge in [0.2, 0.25) is 0 Å². The van der Waals surface area contributed by atoms with Crippen LogP contribution in [0.2, 0.25) is 0 Å². The molecule has 5 aliphatic carbocycles. The first-order valence-corrected chi connectivity index (χ1v) is 15.9.